The second kappa shape index (κ2) is 6.35. The van der Waals surface area contributed by atoms with E-state index in [1.54, 1.807) is 6.92 Å². The van der Waals surface area contributed by atoms with Gasteiger partial charge in [-0.1, -0.05) is 11.6 Å². The van der Waals surface area contributed by atoms with Crippen molar-refractivity contribution in [1.29, 1.82) is 0 Å². The van der Waals surface area contributed by atoms with Gasteiger partial charge in [0, 0.05) is 13.6 Å². The number of esters is 1. The lowest BCUT2D eigenvalue weighted by atomic mass is 10.1. The van der Waals surface area contributed by atoms with Gasteiger partial charge >= 0.3 is 5.97 Å². The van der Waals surface area contributed by atoms with Crippen molar-refractivity contribution in [3.8, 4) is 0 Å². The zero-order valence-electron chi connectivity index (χ0n) is 10.6. The summed E-state index contributed by atoms with van der Waals surface area (Å²) < 4.78 is 4.89. The molecular weight excluding hydrogens is 256 g/mol. The summed E-state index contributed by atoms with van der Waals surface area (Å²) in [5.41, 5.74) is 0.200. The molecule has 18 heavy (non-hydrogen) atoms. The first-order valence-electron chi connectivity index (χ1n) is 5.59. The van der Waals surface area contributed by atoms with Gasteiger partial charge in [-0.3, -0.25) is 4.79 Å². The van der Waals surface area contributed by atoms with Gasteiger partial charge in [0.2, 0.25) is 0 Å². The Morgan fingerprint density at radius 3 is 2.72 bits per heavy atom. The average molecular weight is 271 g/mol. The fourth-order valence-corrected chi connectivity index (χ4v) is 1.59. The third-order valence-corrected chi connectivity index (χ3v) is 2.77. The predicted octanol–water partition coefficient (Wildman–Crippen LogP) is 2.18. The van der Waals surface area contributed by atoms with Crippen LogP contribution in [0.25, 0.3) is 0 Å². The van der Waals surface area contributed by atoms with E-state index >= 15 is 0 Å². The van der Waals surface area contributed by atoms with Crippen molar-refractivity contribution in [2.45, 2.75) is 13.8 Å². The maximum Gasteiger partial charge on any atom is 0.339 e. The van der Waals surface area contributed by atoms with Crippen molar-refractivity contribution in [1.82, 2.24) is 4.98 Å². The molecule has 0 aliphatic rings. The minimum absolute atomic E-state index is 0.00542. The van der Waals surface area contributed by atoms with Crippen molar-refractivity contribution in [3.05, 3.63) is 22.3 Å². The lowest BCUT2D eigenvalue weighted by molar-refractivity contribution is 0.0524. The van der Waals surface area contributed by atoms with E-state index in [1.807, 2.05) is 18.9 Å². The highest BCUT2D eigenvalue weighted by molar-refractivity contribution is 6.32. The SMILES string of the molecule is CCOC(=O)c1cc(N(C)CC)nc(Cl)c1C=O. The molecule has 5 nitrogen and oxygen atoms in total. The summed E-state index contributed by atoms with van der Waals surface area (Å²) in [6, 6.07) is 1.51. The van der Waals surface area contributed by atoms with Crippen molar-refractivity contribution in [2.24, 2.45) is 0 Å². The molecule has 1 aromatic rings. The van der Waals surface area contributed by atoms with Gasteiger partial charge in [0.1, 0.15) is 11.0 Å². The Kier molecular flexibility index (Phi) is 5.09. The number of aldehydes is 1. The first-order valence-corrected chi connectivity index (χ1v) is 5.96. The Bertz CT molecular complexity index is 463. The third kappa shape index (κ3) is 2.98. The fourth-order valence-electron chi connectivity index (χ4n) is 1.36. The van der Waals surface area contributed by atoms with Crippen LogP contribution >= 0.6 is 11.6 Å². The normalized spacial score (nSPS) is 10.0. The highest BCUT2D eigenvalue weighted by Crippen LogP contribution is 2.22. The number of ether oxygens (including phenoxy) is 1. The molecule has 1 rings (SSSR count). The number of hydrogen-bond acceptors (Lipinski definition) is 5. The maximum atomic E-state index is 11.8. The van der Waals surface area contributed by atoms with Gasteiger partial charge in [0.15, 0.2) is 6.29 Å². The molecule has 6 heteroatoms. The Morgan fingerprint density at radius 2 is 2.22 bits per heavy atom. The van der Waals surface area contributed by atoms with Gasteiger partial charge < -0.3 is 9.64 Å². The molecule has 1 heterocycles. The maximum absolute atomic E-state index is 11.8. The van der Waals surface area contributed by atoms with E-state index in [2.05, 4.69) is 4.98 Å². The lowest BCUT2D eigenvalue weighted by Crippen LogP contribution is -2.19. The van der Waals surface area contributed by atoms with Crippen molar-refractivity contribution in [3.63, 3.8) is 0 Å². The van der Waals surface area contributed by atoms with Crippen molar-refractivity contribution < 1.29 is 14.3 Å². The molecule has 0 fully saturated rings. The van der Waals surface area contributed by atoms with Gasteiger partial charge in [0.05, 0.1) is 17.7 Å². The number of rotatable bonds is 5. The smallest absolute Gasteiger partial charge is 0.339 e. The van der Waals surface area contributed by atoms with E-state index in [0.717, 1.165) is 0 Å². The Hall–Kier alpha value is -1.62. The van der Waals surface area contributed by atoms with Crippen LogP contribution in [0.2, 0.25) is 5.15 Å². The van der Waals surface area contributed by atoms with Gasteiger partial charge in [0.25, 0.3) is 0 Å². The van der Waals surface area contributed by atoms with E-state index in [4.69, 9.17) is 16.3 Å². The quantitative estimate of drug-likeness (QED) is 0.466. The van der Waals surface area contributed by atoms with Crippen LogP contribution in [0.1, 0.15) is 34.6 Å². The molecule has 0 aromatic carbocycles. The van der Waals surface area contributed by atoms with Crippen LogP contribution in [0.15, 0.2) is 6.07 Å². The Balaban J connectivity index is 3.31. The van der Waals surface area contributed by atoms with Crippen molar-refractivity contribution >= 4 is 29.7 Å². The number of pyridine rings is 1. The molecule has 0 bridgehead atoms. The molecule has 0 atom stereocenters. The number of hydrogen-bond donors (Lipinski definition) is 0. The molecule has 0 aliphatic carbocycles. The molecule has 0 unspecified atom stereocenters. The van der Waals surface area contributed by atoms with E-state index in [-0.39, 0.29) is 22.9 Å². The van der Waals surface area contributed by atoms with Crippen LogP contribution in [-0.4, -0.2) is 37.4 Å². The molecule has 0 radical (unpaired) electrons. The molecule has 0 saturated carbocycles. The largest absolute Gasteiger partial charge is 0.462 e. The molecule has 0 N–H and O–H groups in total. The number of halogens is 1. The monoisotopic (exact) mass is 270 g/mol. The first kappa shape index (κ1) is 14.4. The second-order valence-corrected chi connectivity index (χ2v) is 3.94. The molecule has 0 amide bonds. The first-order chi connectivity index (χ1) is 8.54. The summed E-state index contributed by atoms with van der Waals surface area (Å²) in [4.78, 5) is 28.6. The average Bonchev–Trinajstić information content (AvgIpc) is 2.37. The lowest BCUT2D eigenvalue weighted by Gasteiger charge is -2.17. The zero-order chi connectivity index (χ0) is 13.7. The van der Waals surface area contributed by atoms with Gasteiger partial charge in [-0.25, -0.2) is 9.78 Å². The topological polar surface area (TPSA) is 59.5 Å². The van der Waals surface area contributed by atoms with Crippen LogP contribution in [0.3, 0.4) is 0 Å². The molecule has 0 aliphatic heterocycles. The standard InChI is InChI=1S/C12H15ClN2O3/c1-4-15(3)10-6-8(12(17)18-5-2)9(7-16)11(13)14-10/h6-7H,4-5H2,1-3H3. The summed E-state index contributed by atoms with van der Waals surface area (Å²) in [5.74, 6) is -0.0502. The van der Waals surface area contributed by atoms with Crippen LogP contribution < -0.4 is 4.90 Å². The van der Waals surface area contributed by atoms with E-state index < -0.39 is 5.97 Å². The van der Waals surface area contributed by atoms with Gasteiger partial charge in [-0.15, -0.1) is 0 Å². The summed E-state index contributed by atoms with van der Waals surface area (Å²) in [7, 11) is 1.81. The van der Waals surface area contributed by atoms with Gasteiger partial charge in [-0.2, -0.15) is 0 Å². The van der Waals surface area contributed by atoms with Crippen LogP contribution in [-0.2, 0) is 4.74 Å². The van der Waals surface area contributed by atoms with Gasteiger partial charge in [-0.05, 0) is 19.9 Å². The third-order valence-electron chi connectivity index (χ3n) is 2.48. The molecule has 0 spiro atoms. The summed E-state index contributed by atoms with van der Waals surface area (Å²) in [6.45, 7) is 4.57. The van der Waals surface area contributed by atoms with Crippen LogP contribution in [0, 0.1) is 0 Å². The van der Waals surface area contributed by atoms with E-state index in [9.17, 15) is 9.59 Å². The predicted molar refractivity (Wildman–Crippen MR) is 69.5 cm³/mol. The number of carbonyl (C=O) groups is 2. The minimum Gasteiger partial charge on any atom is -0.462 e. The minimum atomic E-state index is -0.574. The number of nitrogens with zero attached hydrogens (tertiary/aromatic N) is 2. The van der Waals surface area contributed by atoms with Crippen molar-refractivity contribution in [2.75, 3.05) is 25.1 Å². The molecular formula is C12H15ClN2O3. The summed E-state index contributed by atoms with van der Waals surface area (Å²) in [6.07, 6.45) is 0.511. The number of aromatic nitrogens is 1. The van der Waals surface area contributed by atoms with Crippen LogP contribution in [0.5, 0.6) is 0 Å². The Labute approximate surface area is 111 Å². The van der Waals surface area contributed by atoms with E-state index in [1.165, 1.54) is 6.07 Å². The molecule has 1 aromatic heterocycles. The summed E-state index contributed by atoms with van der Waals surface area (Å²) in [5, 5.41) is 0.00542. The number of carbonyl (C=O) groups excluding carboxylic acids is 2. The Morgan fingerprint density at radius 1 is 1.56 bits per heavy atom. The number of anilines is 1. The zero-order valence-corrected chi connectivity index (χ0v) is 11.3. The second-order valence-electron chi connectivity index (χ2n) is 3.58. The molecule has 98 valence electrons. The molecule has 0 saturated heterocycles. The summed E-state index contributed by atoms with van der Waals surface area (Å²) >= 11 is 5.90. The van der Waals surface area contributed by atoms with E-state index in [0.29, 0.717) is 18.6 Å². The highest BCUT2D eigenvalue weighted by atomic mass is 35.5. The van der Waals surface area contributed by atoms with Crippen LogP contribution in [0.4, 0.5) is 5.82 Å². The highest BCUT2D eigenvalue weighted by Gasteiger charge is 2.19. The fraction of sp³-hybridized carbons (Fsp3) is 0.417.